The smallest absolute Gasteiger partial charge is 0.330 e. The molecule has 0 heterocycles. The second-order valence-corrected chi connectivity index (χ2v) is 5.08. The Morgan fingerprint density at radius 2 is 2.06 bits per heavy atom. The summed E-state index contributed by atoms with van der Waals surface area (Å²) in [6.07, 6.45) is 2.90. The molecule has 98 valence electrons. The largest absolute Gasteiger partial charge is 0.507 e. The van der Waals surface area contributed by atoms with Crippen molar-refractivity contribution < 1.29 is 14.6 Å². The summed E-state index contributed by atoms with van der Waals surface area (Å²) in [5, 5.41) is 10.2. The molecule has 18 heavy (non-hydrogen) atoms. The maximum Gasteiger partial charge on any atom is 0.330 e. The van der Waals surface area contributed by atoms with Crippen molar-refractivity contribution in [3.05, 3.63) is 35.4 Å². The lowest BCUT2D eigenvalue weighted by Crippen LogP contribution is -2.11. The minimum absolute atomic E-state index is 0.141. The van der Waals surface area contributed by atoms with Crippen LogP contribution in [0.3, 0.4) is 0 Å². The van der Waals surface area contributed by atoms with E-state index in [1.807, 2.05) is 32.9 Å². The maximum atomic E-state index is 11.2. The van der Waals surface area contributed by atoms with Crippen LogP contribution in [0.25, 0.3) is 6.08 Å². The van der Waals surface area contributed by atoms with Gasteiger partial charge in [0, 0.05) is 11.6 Å². The summed E-state index contributed by atoms with van der Waals surface area (Å²) in [7, 11) is 0. The predicted molar refractivity (Wildman–Crippen MR) is 72.5 cm³/mol. The van der Waals surface area contributed by atoms with Crippen LogP contribution in [0.1, 0.15) is 38.8 Å². The topological polar surface area (TPSA) is 46.5 Å². The predicted octanol–water partition coefficient (Wildman–Crippen LogP) is 3.27. The molecule has 0 radical (unpaired) electrons. The summed E-state index contributed by atoms with van der Waals surface area (Å²) < 4.78 is 4.79. The van der Waals surface area contributed by atoms with Crippen LogP contribution >= 0.6 is 0 Å². The van der Waals surface area contributed by atoms with Crippen molar-refractivity contribution in [2.75, 3.05) is 6.61 Å². The summed E-state index contributed by atoms with van der Waals surface area (Å²) in [6, 6.07) is 5.52. The normalized spacial score (nSPS) is 11.8. The van der Waals surface area contributed by atoms with Crippen LogP contribution < -0.4 is 0 Å². The molecule has 0 fully saturated rings. The first kappa shape index (κ1) is 14.3. The summed E-state index contributed by atoms with van der Waals surface area (Å²) in [6.45, 7) is 8.18. The summed E-state index contributed by atoms with van der Waals surface area (Å²) in [5.74, 6) is -0.191. The van der Waals surface area contributed by atoms with Crippen LogP contribution in [-0.4, -0.2) is 17.7 Å². The highest BCUT2D eigenvalue weighted by atomic mass is 16.5. The fourth-order valence-electron chi connectivity index (χ4n) is 1.65. The van der Waals surface area contributed by atoms with Crippen molar-refractivity contribution in [2.45, 2.75) is 33.1 Å². The molecule has 3 heteroatoms. The molecule has 0 bridgehead atoms. The quantitative estimate of drug-likeness (QED) is 0.659. The molecule has 0 spiro atoms. The minimum Gasteiger partial charge on any atom is -0.507 e. The molecule has 0 aliphatic heterocycles. The van der Waals surface area contributed by atoms with E-state index in [-0.39, 0.29) is 11.2 Å². The van der Waals surface area contributed by atoms with E-state index in [0.717, 1.165) is 5.56 Å². The average Bonchev–Trinajstić information content (AvgIpc) is 2.26. The number of hydrogen-bond donors (Lipinski definition) is 1. The first-order valence-corrected chi connectivity index (χ1v) is 6.03. The van der Waals surface area contributed by atoms with Crippen LogP contribution in [0.5, 0.6) is 5.75 Å². The lowest BCUT2D eigenvalue weighted by atomic mass is 9.85. The van der Waals surface area contributed by atoms with Crippen molar-refractivity contribution in [3.63, 3.8) is 0 Å². The molecule has 0 aliphatic rings. The third-order valence-corrected chi connectivity index (χ3v) is 2.56. The van der Waals surface area contributed by atoms with Gasteiger partial charge in [0.05, 0.1) is 6.61 Å². The maximum absolute atomic E-state index is 11.2. The molecular formula is C15H20O3. The molecule has 0 aromatic heterocycles. The number of benzene rings is 1. The van der Waals surface area contributed by atoms with Crippen molar-refractivity contribution >= 4 is 12.0 Å². The number of esters is 1. The zero-order chi connectivity index (χ0) is 13.8. The van der Waals surface area contributed by atoms with Crippen LogP contribution in [0, 0.1) is 0 Å². The standard InChI is InChI=1S/C15H20O3/c1-5-18-13(16)10-9-11-7-6-8-12(14(11)17)15(2,3)4/h6-10,17H,5H2,1-4H3. The minimum atomic E-state index is -0.405. The van der Waals surface area contributed by atoms with E-state index in [2.05, 4.69) is 0 Å². The zero-order valence-corrected chi connectivity index (χ0v) is 11.4. The van der Waals surface area contributed by atoms with Gasteiger partial charge in [0.25, 0.3) is 0 Å². The fraction of sp³-hybridized carbons (Fsp3) is 0.400. The highest BCUT2D eigenvalue weighted by Gasteiger charge is 2.18. The van der Waals surface area contributed by atoms with Crippen molar-refractivity contribution in [1.82, 2.24) is 0 Å². The Bertz CT molecular complexity index is 453. The van der Waals surface area contributed by atoms with Gasteiger partial charge >= 0.3 is 5.97 Å². The molecule has 0 unspecified atom stereocenters. The van der Waals surface area contributed by atoms with Gasteiger partial charge in [-0.25, -0.2) is 4.79 Å². The summed E-state index contributed by atoms with van der Waals surface area (Å²) in [4.78, 5) is 11.2. The molecular weight excluding hydrogens is 228 g/mol. The Morgan fingerprint density at radius 1 is 1.39 bits per heavy atom. The number of ether oxygens (including phenoxy) is 1. The van der Waals surface area contributed by atoms with E-state index in [1.54, 1.807) is 19.1 Å². The number of phenolic OH excluding ortho intramolecular Hbond substituents is 1. The van der Waals surface area contributed by atoms with E-state index in [1.165, 1.54) is 6.08 Å². The molecule has 0 aliphatic carbocycles. The van der Waals surface area contributed by atoms with E-state index in [4.69, 9.17) is 4.74 Å². The summed E-state index contributed by atoms with van der Waals surface area (Å²) >= 11 is 0. The number of aromatic hydroxyl groups is 1. The number of phenols is 1. The zero-order valence-electron chi connectivity index (χ0n) is 11.4. The van der Waals surface area contributed by atoms with Crippen molar-refractivity contribution in [2.24, 2.45) is 0 Å². The van der Waals surface area contributed by atoms with Crippen LogP contribution in [0.15, 0.2) is 24.3 Å². The van der Waals surface area contributed by atoms with Gasteiger partial charge in [-0.05, 0) is 24.0 Å². The Hall–Kier alpha value is -1.77. The van der Waals surface area contributed by atoms with Gasteiger partial charge in [-0.3, -0.25) is 0 Å². The van der Waals surface area contributed by atoms with E-state index >= 15 is 0 Å². The number of hydrogen-bond acceptors (Lipinski definition) is 3. The second kappa shape index (κ2) is 5.71. The van der Waals surface area contributed by atoms with Gasteiger partial charge < -0.3 is 9.84 Å². The monoisotopic (exact) mass is 248 g/mol. The van der Waals surface area contributed by atoms with Crippen LogP contribution in [-0.2, 0) is 14.9 Å². The molecule has 0 saturated carbocycles. The summed E-state index contributed by atoms with van der Waals surface area (Å²) in [5.41, 5.74) is 1.33. The Kier molecular flexibility index (Phi) is 4.54. The third kappa shape index (κ3) is 3.62. The molecule has 0 atom stereocenters. The number of para-hydroxylation sites is 1. The molecule has 1 rings (SSSR count). The molecule has 3 nitrogen and oxygen atoms in total. The van der Waals surface area contributed by atoms with E-state index in [9.17, 15) is 9.90 Å². The van der Waals surface area contributed by atoms with Gasteiger partial charge in [-0.15, -0.1) is 0 Å². The number of carbonyl (C=O) groups is 1. The lowest BCUT2D eigenvalue weighted by Gasteiger charge is -2.21. The highest BCUT2D eigenvalue weighted by molar-refractivity contribution is 5.87. The fourth-order valence-corrected chi connectivity index (χ4v) is 1.65. The molecule has 0 saturated heterocycles. The first-order valence-electron chi connectivity index (χ1n) is 6.03. The number of rotatable bonds is 3. The molecule has 0 amide bonds. The highest BCUT2D eigenvalue weighted by Crippen LogP contribution is 2.33. The molecule has 1 aromatic rings. The van der Waals surface area contributed by atoms with Gasteiger partial charge in [0.2, 0.25) is 0 Å². The Morgan fingerprint density at radius 3 is 2.61 bits per heavy atom. The van der Waals surface area contributed by atoms with Crippen LogP contribution in [0.4, 0.5) is 0 Å². The first-order chi connectivity index (χ1) is 8.36. The lowest BCUT2D eigenvalue weighted by molar-refractivity contribution is -0.137. The third-order valence-electron chi connectivity index (χ3n) is 2.56. The van der Waals surface area contributed by atoms with E-state index < -0.39 is 5.97 Å². The Balaban J connectivity index is 3.02. The van der Waals surface area contributed by atoms with Crippen molar-refractivity contribution in [3.8, 4) is 5.75 Å². The average molecular weight is 248 g/mol. The Labute approximate surface area is 108 Å². The number of carbonyl (C=O) groups excluding carboxylic acids is 1. The SMILES string of the molecule is CCOC(=O)C=Cc1cccc(C(C)(C)C)c1O. The molecule has 1 aromatic carbocycles. The van der Waals surface area contributed by atoms with E-state index in [0.29, 0.717) is 12.2 Å². The van der Waals surface area contributed by atoms with Crippen molar-refractivity contribution in [1.29, 1.82) is 0 Å². The second-order valence-electron chi connectivity index (χ2n) is 5.08. The van der Waals surface area contributed by atoms with Gasteiger partial charge in [0.1, 0.15) is 5.75 Å². The van der Waals surface area contributed by atoms with Gasteiger partial charge in [-0.1, -0.05) is 39.0 Å². The van der Waals surface area contributed by atoms with Gasteiger partial charge in [-0.2, -0.15) is 0 Å². The molecule has 1 N–H and O–H groups in total. The van der Waals surface area contributed by atoms with Crippen LogP contribution in [0.2, 0.25) is 0 Å². The van der Waals surface area contributed by atoms with Gasteiger partial charge in [0.15, 0.2) is 0 Å².